The Morgan fingerprint density at radius 2 is 1.10 bits per heavy atom. The number of carbonyl (C=O) groups is 4. The van der Waals surface area contributed by atoms with Crippen LogP contribution in [0.5, 0.6) is 11.5 Å². The molecule has 0 saturated heterocycles. The van der Waals surface area contributed by atoms with Crippen molar-refractivity contribution >= 4 is 47.1 Å². The number of hydrogen-bond acceptors (Lipinski definition) is 14. The first-order chi connectivity index (χ1) is 42.5. The fraction of sp³-hybridized carbons (Fsp3) is 0.486. The lowest BCUT2D eigenvalue weighted by Crippen LogP contribution is -2.40. The molecule has 4 saturated carbocycles. The fourth-order valence-corrected chi connectivity index (χ4v) is 14.6. The molecule has 18 nitrogen and oxygen atoms in total. The third-order valence-electron chi connectivity index (χ3n) is 18.9. The molecule has 4 fully saturated rings. The highest BCUT2D eigenvalue weighted by Gasteiger charge is 2.55. The summed E-state index contributed by atoms with van der Waals surface area (Å²) in [6.45, 7) is 18.6. The van der Waals surface area contributed by atoms with Crippen molar-refractivity contribution in [2.75, 3.05) is 80.7 Å². The van der Waals surface area contributed by atoms with Crippen molar-refractivity contribution in [2.24, 2.45) is 53.3 Å². The van der Waals surface area contributed by atoms with Gasteiger partial charge in [-0.05, 0) is 190 Å². The van der Waals surface area contributed by atoms with Gasteiger partial charge < -0.3 is 47.4 Å². The van der Waals surface area contributed by atoms with Crippen LogP contribution in [-0.2, 0) is 43.3 Å². The van der Waals surface area contributed by atoms with Crippen LogP contribution in [0.25, 0.3) is 0 Å². The van der Waals surface area contributed by atoms with Crippen LogP contribution in [0.3, 0.4) is 0 Å². The van der Waals surface area contributed by atoms with E-state index in [4.69, 9.17) is 47.4 Å². The van der Waals surface area contributed by atoms with Gasteiger partial charge in [0.25, 0.3) is 0 Å². The Balaban J connectivity index is 0.691. The monoisotopic (exact) mass is 1210 g/mol. The molecule has 12 atom stereocenters. The van der Waals surface area contributed by atoms with Crippen molar-refractivity contribution in [3.63, 3.8) is 0 Å². The molecular weight excluding hydrogens is 1120 g/mol. The lowest BCUT2D eigenvalue weighted by atomic mass is 9.76. The van der Waals surface area contributed by atoms with Crippen molar-refractivity contribution in [2.45, 2.75) is 103 Å². The van der Waals surface area contributed by atoms with E-state index in [1.165, 1.54) is 31.8 Å². The first-order valence-electron chi connectivity index (χ1n) is 31.1. The van der Waals surface area contributed by atoms with Crippen LogP contribution in [0.15, 0.2) is 135 Å². The smallest absolute Gasteiger partial charge is 0.412 e. The second-order valence-corrected chi connectivity index (χ2v) is 25.1. The minimum absolute atomic E-state index is 0.0105. The van der Waals surface area contributed by atoms with Crippen LogP contribution in [0.4, 0.5) is 41.9 Å². The van der Waals surface area contributed by atoms with E-state index in [0.717, 1.165) is 47.9 Å². The SMILES string of the molecule is C=COCCOCC(COc1ccc(C(C)(C)c2ccc(OCC(COCCOC=C)OC(=O)Nc3ccc(C)c(NC(=O)OC4(C)CC5CC(C4)C4CC=CC54)c3)cc2)cc1)OC(=O)Nc1ccc(C)c(NC(=O)OCC2C3CCC2C2CC=CC23)c1. The van der Waals surface area contributed by atoms with Crippen molar-refractivity contribution in [1.82, 2.24) is 0 Å². The largest absolute Gasteiger partial charge is 0.499 e. The summed E-state index contributed by atoms with van der Waals surface area (Å²) in [6.07, 6.45) is 15.5. The number of ether oxygens (including phenoxy) is 10. The quantitative estimate of drug-likeness (QED) is 0.0173. The van der Waals surface area contributed by atoms with Crippen LogP contribution >= 0.6 is 0 Å². The lowest BCUT2D eigenvalue weighted by Gasteiger charge is -2.38. The molecule has 4 aromatic rings. The first-order valence-corrected chi connectivity index (χ1v) is 31.1. The zero-order valence-corrected chi connectivity index (χ0v) is 51.3. The van der Waals surface area contributed by atoms with Gasteiger partial charge in [-0.25, -0.2) is 19.2 Å². The Hall–Kier alpha value is -7.96. The van der Waals surface area contributed by atoms with Gasteiger partial charge in [0.1, 0.15) is 43.5 Å². The van der Waals surface area contributed by atoms with E-state index in [0.29, 0.717) is 94.1 Å². The minimum Gasteiger partial charge on any atom is -0.499 e. The highest BCUT2D eigenvalue weighted by Crippen LogP contribution is 2.60. The predicted octanol–water partition coefficient (Wildman–Crippen LogP) is 14.3. The maximum atomic E-state index is 13.4. The topological polar surface area (TPSA) is 209 Å². The second-order valence-electron chi connectivity index (χ2n) is 25.1. The van der Waals surface area contributed by atoms with Crippen LogP contribution in [-0.4, -0.2) is 102 Å². The molecule has 10 rings (SSSR count). The highest BCUT2D eigenvalue weighted by molar-refractivity contribution is 5.91. The first kappa shape index (κ1) is 63.1. The lowest BCUT2D eigenvalue weighted by molar-refractivity contribution is -0.0187. The molecule has 6 aliphatic carbocycles. The van der Waals surface area contributed by atoms with Crippen molar-refractivity contribution in [3.05, 3.63) is 157 Å². The number of nitrogens with one attached hydrogen (secondary N) is 4. The molecular formula is C70H86N4O14. The maximum Gasteiger partial charge on any atom is 0.412 e. The number of amides is 4. The number of anilines is 4. The summed E-state index contributed by atoms with van der Waals surface area (Å²) < 4.78 is 58.0. The van der Waals surface area contributed by atoms with E-state index in [2.05, 4.69) is 79.5 Å². The fourth-order valence-electron chi connectivity index (χ4n) is 14.6. The summed E-state index contributed by atoms with van der Waals surface area (Å²) in [6, 6.07) is 25.9. The molecule has 18 heteroatoms. The number of rotatable bonds is 29. The standard InChI is InChI=1S/C70H86N4O14/c1-8-79-30-32-81-39-54(86-66(76)71-50-22-16-44(3)63(35-50)73-65(75)85-43-62-60-28-29-61(62)59-15-11-14-58(59)60)41-83-52-24-18-48(19-25-52)69(5,6)49-20-26-53(27-21-49)84-42-55(40-82-33-31-80-9-2)87-67(77)72-51-23-17-45(4)64(36-51)74-68(78)88-70(7)37-46-34-47(38-70)57-13-10-12-56(46)57/h8-12,14,16-27,35-36,46-47,54-62H,1-2,13,15,28-34,37-43H2,3-7H3,(H,71,76)(H,72,77)(H,73,75)(H,74,78). The molecule has 4 amide bonds. The molecule has 4 aromatic carbocycles. The number of benzene rings is 4. The summed E-state index contributed by atoms with van der Waals surface area (Å²) >= 11 is 0. The molecule has 12 unspecified atom stereocenters. The number of allylic oxidation sites excluding steroid dienone is 4. The van der Waals surface area contributed by atoms with Gasteiger partial charge in [0.15, 0.2) is 12.2 Å². The summed E-state index contributed by atoms with van der Waals surface area (Å²) in [5.74, 6) is 6.36. The number of hydrogen-bond donors (Lipinski definition) is 4. The van der Waals surface area contributed by atoms with Gasteiger partial charge in [0.2, 0.25) is 0 Å². The normalized spacial score (nSPS) is 24.9. The number of fused-ring (bicyclic) bond motifs is 10. The van der Waals surface area contributed by atoms with E-state index in [1.54, 1.807) is 30.3 Å². The highest BCUT2D eigenvalue weighted by atomic mass is 16.6. The van der Waals surface area contributed by atoms with Crippen LogP contribution in [0.2, 0.25) is 0 Å². The zero-order chi connectivity index (χ0) is 61.8. The van der Waals surface area contributed by atoms with Gasteiger partial charge in [-0.3, -0.25) is 21.3 Å². The molecule has 0 spiro atoms. The molecule has 0 aromatic heterocycles. The Morgan fingerprint density at radius 3 is 1.65 bits per heavy atom. The number of carbonyl (C=O) groups excluding carboxylic acids is 4. The van der Waals surface area contributed by atoms with Gasteiger partial charge in [-0.1, -0.05) is 87.7 Å². The molecule has 88 heavy (non-hydrogen) atoms. The Kier molecular flexibility index (Phi) is 20.7. The van der Waals surface area contributed by atoms with Crippen molar-refractivity contribution in [3.8, 4) is 11.5 Å². The van der Waals surface area contributed by atoms with Gasteiger partial charge in [0.05, 0.1) is 45.6 Å². The van der Waals surface area contributed by atoms with Crippen LogP contribution in [0, 0.1) is 67.1 Å². The summed E-state index contributed by atoms with van der Waals surface area (Å²) in [5.41, 5.74) is 4.54. The molecule has 0 aliphatic heterocycles. The van der Waals surface area contributed by atoms with E-state index in [9.17, 15) is 19.2 Å². The Morgan fingerprint density at radius 1 is 0.591 bits per heavy atom. The Bertz CT molecular complexity index is 3150. The molecule has 4 N–H and O–H groups in total. The van der Waals surface area contributed by atoms with Crippen LogP contribution < -0.4 is 30.7 Å². The average molecular weight is 1210 g/mol. The van der Waals surface area contributed by atoms with Gasteiger partial charge in [-0.2, -0.15) is 0 Å². The molecule has 6 aliphatic rings. The summed E-state index contributed by atoms with van der Waals surface area (Å²) in [5, 5.41) is 11.4. The Labute approximate surface area is 517 Å². The third-order valence-corrected chi connectivity index (χ3v) is 18.9. The van der Waals surface area contributed by atoms with E-state index >= 15 is 0 Å². The van der Waals surface area contributed by atoms with E-state index in [1.807, 2.05) is 68.4 Å². The molecule has 0 radical (unpaired) electrons. The van der Waals surface area contributed by atoms with E-state index in [-0.39, 0.29) is 52.9 Å². The molecule has 0 heterocycles. The predicted molar refractivity (Wildman–Crippen MR) is 336 cm³/mol. The summed E-state index contributed by atoms with van der Waals surface area (Å²) in [7, 11) is 0. The van der Waals surface area contributed by atoms with Crippen molar-refractivity contribution in [1.29, 1.82) is 0 Å². The van der Waals surface area contributed by atoms with Crippen molar-refractivity contribution < 1.29 is 66.5 Å². The maximum absolute atomic E-state index is 13.4. The minimum atomic E-state index is -0.808. The molecule has 470 valence electrons. The number of aryl methyl sites for hydroxylation is 2. The third kappa shape index (κ3) is 15.8. The summed E-state index contributed by atoms with van der Waals surface area (Å²) in [4.78, 5) is 53.3. The zero-order valence-electron chi connectivity index (χ0n) is 51.3. The van der Waals surface area contributed by atoms with Gasteiger partial charge in [-0.15, -0.1) is 0 Å². The second kappa shape index (κ2) is 28.9. The van der Waals surface area contributed by atoms with Crippen LogP contribution in [0.1, 0.15) is 88.0 Å². The van der Waals surface area contributed by atoms with Gasteiger partial charge in [0, 0.05) is 28.2 Å². The molecule has 4 bridgehead atoms. The van der Waals surface area contributed by atoms with Gasteiger partial charge >= 0.3 is 24.4 Å². The average Bonchev–Trinajstić information content (AvgIpc) is 2.69. The van der Waals surface area contributed by atoms with E-state index < -0.39 is 47.6 Å².